The van der Waals surface area contributed by atoms with Crippen LogP contribution in [0.3, 0.4) is 0 Å². The summed E-state index contributed by atoms with van der Waals surface area (Å²) < 4.78 is 11.9. The second kappa shape index (κ2) is 6.69. The molecule has 0 aromatic heterocycles. The summed E-state index contributed by atoms with van der Waals surface area (Å²) in [4.78, 5) is 20.2. The Bertz CT molecular complexity index is 435. The van der Waals surface area contributed by atoms with Gasteiger partial charge in [-0.25, -0.2) is 0 Å². The highest BCUT2D eigenvalue weighted by Gasteiger charge is 2.27. The number of rotatable bonds is 7. The summed E-state index contributed by atoms with van der Waals surface area (Å²) >= 11 is 0. The standard InChI is InChI=1S/C12H18NO4P/c13-11(6-7-12(14)15)18(16,17)9-8-10-4-2-1-3-5-10/h1-5,11H,6-9,13H2,(H,14,15)(H,16,17)/t11-/m0/s1. The van der Waals surface area contributed by atoms with Gasteiger partial charge in [0, 0.05) is 12.6 Å². The molecule has 18 heavy (non-hydrogen) atoms. The van der Waals surface area contributed by atoms with Gasteiger partial charge in [-0.2, -0.15) is 0 Å². The van der Waals surface area contributed by atoms with Crippen molar-refractivity contribution in [1.29, 1.82) is 0 Å². The molecule has 0 spiro atoms. The van der Waals surface area contributed by atoms with Gasteiger partial charge in [0.1, 0.15) is 0 Å². The third-order valence-corrected chi connectivity index (χ3v) is 4.89. The van der Waals surface area contributed by atoms with Crippen molar-refractivity contribution in [3.8, 4) is 0 Å². The minimum absolute atomic E-state index is 0.0257. The van der Waals surface area contributed by atoms with Gasteiger partial charge in [0.2, 0.25) is 7.37 Å². The molecule has 1 rings (SSSR count). The number of benzene rings is 1. The molecule has 0 aliphatic carbocycles. The number of carbonyl (C=O) groups is 1. The topological polar surface area (TPSA) is 101 Å². The Balaban J connectivity index is 2.48. The van der Waals surface area contributed by atoms with E-state index < -0.39 is 19.1 Å². The number of carboxylic acid groups (broad SMARTS) is 1. The van der Waals surface area contributed by atoms with E-state index in [9.17, 15) is 14.3 Å². The molecular weight excluding hydrogens is 253 g/mol. The number of aryl methyl sites for hydroxylation is 1. The monoisotopic (exact) mass is 271 g/mol. The highest BCUT2D eigenvalue weighted by Crippen LogP contribution is 2.45. The Kier molecular flexibility index (Phi) is 5.54. The van der Waals surface area contributed by atoms with Gasteiger partial charge in [-0.15, -0.1) is 0 Å². The maximum Gasteiger partial charge on any atom is 0.303 e. The molecule has 1 aromatic carbocycles. The molecule has 100 valence electrons. The SMILES string of the molecule is N[C@H](CCC(=O)O)P(=O)(O)CCc1ccccc1. The minimum atomic E-state index is -3.49. The molecule has 1 unspecified atom stereocenters. The number of hydrogen-bond donors (Lipinski definition) is 3. The van der Waals surface area contributed by atoms with E-state index in [1.165, 1.54) is 0 Å². The largest absolute Gasteiger partial charge is 0.481 e. The Morgan fingerprint density at radius 2 is 1.94 bits per heavy atom. The van der Waals surface area contributed by atoms with Crippen molar-refractivity contribution >= 4 is 13.3 Å². The van der Waals surface area contributed by atoms with Gasteiger partial charge in [-0.05, 0) is 18.4 Å². The fourth-order valence-corrected chi connectivity index (χ4v) is 3.02. The number of nitrogens with two attached hydrogens (primary N) is 1. The molecule has 0 aliphatic rings. The van der Waals surface area contributed by atoms with Gasteiger partial charge < -0.3 is 15.7 Å². The molecule has 4 N–H and O–H groups in total. The van der Waals surface area contributed by atoms with Crippen molar-refractivity contribution in [2.45, 2.75) is 25.0 Å². The van der Waals surface area contributed by atoms with Gasteiger partial charge in [-0.1, -0.05) is 30.3 Å². The first kappa shape index (κ1) is 14.9. The molecule has 0 saturated heterocycles. The Hall–Kier alpha value is -1.16. The summed E-state index contributed by atoms with van der Waals surface area (Å²) in [6.07, 6.45) is 0.391. The van der Waals surface area contributed by atoms with Gasteiger partial charge in [0.15, 0.2) is 0 Å². The molecule has 0 fully saturated rings. The van der Waals surface area contributed by atoms with Gasteiger partial charge in [-0.3, -0.25) is 9.36 Å². The lowest BCUT2D eigenvalue weighted by atomic mass is 10.2. The average Bonchev–Trinajstić information content (AvgIpc) is 2.34. The summed E-state index contributed by atoms with van der Waals surface area (Å²) in [5.41, 5.74) is 6.56. The zero-order valence-electron chi connectivity index (χ0n) is 10.0. The van der Waals surface area contributed by atoms with Crippen LogP contribution in [0.15, 0.2) is 30.3 Å². The predicted molar refractivity (Wildman–Crippen MR) is 69.7 cm³/mol. The summed E-state index contributed by atoms with van der Waals surface area (Å²) in [6.45, 7) is 0. The molecule has 6 heteroatoms. The summed E-state index contributed by atoms with van der Waals surface area (Å²) in [5.74, 6) is -1.97. The van der Waals surface area contributed by atoms with Crippen LogP contribution < -0.4 is 5.73 Å². The lowest BCUT2D eigenvalue weighted by Crippen LogP contribution is -2.23. The first-order chi connectivity index (χ1) is 8.42. The molecule has 0 saturated carbocycles. The first-order valence-corrected chi connectivity index (χ1v) is 7.66. The molecular formula is C12H18NO4P. The fraction of sp³-hybridized carbons (Fsp3) is 0.417. The van der Waals surface area contributed by atoms with Crippen molar-refractivity contribution < 1.29 is 19.4 Å². The Morgan fingerprint density at radius 1 is 1.33 bits per heavy atom. The smallest absolute Gasteiger partial charge is 0.303 e. The highest BCUT2D eigenvalue weighted by molar-refractivity contribution is 7.58. The van der Waals surface area contributed by atoms with Crippen LogP contribution in [-0.2, 0) is 15.8 Å². The predicted octanol–water partition coefficient (Wildman–Crippen LogP) is 1.65. The maximum absolute atomic E-state index is 11.9. The van der Waals surface area contributed by atoms with E-state index in [1.807, 2.05) is 30.3 Å². The van der Waals surface area contributed by atoms with Crippen LogP contribution in [0.4, 0.5) is 0 Å². The third kappa shape index (κ3) is 5.00. The van der Waals surface area contributed by atoms with Crippen LogP contribution in [0.25, 0.3) is 0 Å². The van der Waals surface area contributed by atoms with Crippen molar-refractivity contribution in [3.05, 3.63) is 35.9 Å². The summed E-state index contributed by atoms with van der Waals surface area (Å²) in [7, 11) is -3.49. The molecule has 2 atom stereocenters. The molecule has 0 amide bonds. The number of carboxylic acids is 1. The zero-order chi connectivity index (χ0) is 13.6. The van der Waals surface area contributed by atoms with Crippen molar-refractivity contribution in [2.24, 2.45) is 5.73 Å². The molecule has 0 aliphatic heterocycles. The number of aliphatic carboxylic acids is 1. The fourth-order valence-electron chi connectivity index (χ4n) is 1.57. The summed E-state index contributed by atoms with van der Waals surface area (Å²) in [6, 6.07) is 9.36. The van der Waals surface area contributed by atoms with Crippen LogP contribution >= 0.6 is 7.37 Å². The van der Waals surface area contributed by atoms with E-state index in [0.717, 1.165) is 5.56 Å². The van der Waals surface area contributed by atoms with E-state index in [2.05, 4.69) is 0 Å². The second-order valence-electron chi connectivity index (χ2n) is 4.21. The normalized spacial score (nSPS) is 15.9. The van der Waals surface area contributed by atoms with E-state index in [0.29, 0.717) is 6.42 Å². The van der Waals surface area contributed by atoms with E-state index in [4.69, 9.17) is 10.8 Å². The van der Waals surface area contributed by atoms with Crippen LogP contribution in [0.1, 0.15) is 18.4 Å². The molecule has 1 aromatic rings. The molecule has 0 heterocycles. The van der Waals surface area contributed by atoms with Crippen LogP contribution in [-0.4, -0.2) is 27.9 Å². The molecule has 0 bridgehead atoms. The third-order valence-electron chi connectivity index (χ3n) is 2.74. The van der Waals surface area contributed by atoms with Crippen LogP contribution in [0.2, 0.25) is 0 Å². The van der Waals surface area contributed by atoms with E-state index in [-0.39, 0.29) is 19.0 Å². The minimum Gasteiger partial charge on any atom is -0.481 e. The molecule has 0 radical (unpaired) electrons. The summed E-state index contributed by atoms with van der Waals surface area (Å²) in [5, 5.41) is 8.51. The Labute approximate surface area is 106 Å². The Morgan fingerprint density at radius 3 is 2.50 bits per heavy atom. The van der Waals surface area contributed by atoms with Crippen molar-refractivity contribution in [2.75, 3.05) is 6.16 Å². The lowest BCUT2D eigenvalue weighted by Gasteiger charge is -2.18. The van der Waals surface area contributed by atoms with Crippen molar-refractivity contribution in [1.82, 2.24) is 0 Å². The van der Waals surface area contributed by atoms with Gasteiger partial charge in [0.05, 0.1) is 5.78 Å². The average molecular weight is 271 g/mol. The van der Waals surface area contributed by atoms with Gasteiger partial charge >= 0.3 is 5.97 Å². The lowest BCUT2D eigenvalue weighted by molar-refractivity contribution is -0.137. The first-order valence-electron chi connectivity index (χ1n) is 5.74. The van der Waals surface area contributed by atoms with Crippen LogP contribution in [0, 0.1) is 0 Å². The highest BCUT2D eigenvalue weighted by atomic mass is 31.2. The zero-order valence-corrected chi connectivity index (χ0v) is 10.9. The number of hydrogen-bond acceptors (Lipinski definition) is 3. The van der Waals surface area contributed by atoms with Gasteiger partial charge in [0.25, 0.3) is 0 Å². The quantitative estimate of drug-likeness (QED) is 0.654. The van der Waals surface area contributed by atoms with E-state index in [1.54, 1.807) is 0 Å². The maximum atomic E-state index is 11.9. The van der Waals surface area contributed by atoms with Crippen molar-refractivity contribution in [3.63, 3.8) is 0 Å². The van der Waals surface area contributed by atoms with Crippen LogP contribution in [0.5, 0.6) is 0 Å². The van der Waals surface area contributed by atoms with E-state index >= 15 is 0 Å². The second-order valence-corrected chi connectivity index (χ2v) is 6.84. The molecule has 5 nitrogen and oxygen atoms in total.